The van der Waals surface area contributed by atoms with Crippen molar-refractivity contribution in [3.63, 3.8) is 0 Å². The third kappa shape index (κ3) is 2.90. The van der Waals surface area contributed by atoms with Gasteiger partial charge in [-0.2, -0.15) is 0 Å². The number of ether oxygens (including phenoxy) is 1. The Morgan fingerprint density at radius 3 is 2.91 bits per heavy atom. The number of benzene rings is 1. The molecule has 0 aliphatic heterocycles. The number of anilines is 1. The van der Waals surface area contributed by atoms with Crippen LogP contribution in [0.4, 0.5) is 5.69 Å². The Balaban J connectivity index is 1.68. The molecule has 6 nitrogen and oxygen atoms in total. The average Bonchev–Trinajstić information content (AvgIpc) is 2.88. The molecule has 0 aliphatic rings. The Hall–Kier alpha value is -2.89. The lowest BCUT2D eigenvalue weighted by Crippen LogP contribution is -2.20. The molecule has 0 saturated carbocycles. The van der Waals surface area contributed by atoms with E-state index in [-0.39, 0.29) is 12.5 Å². The first-order chi connectivity index (χ1) is 10.6. The maximum absolute atomic E-state index is 12.0. The number of aromatic nitrogens is 3. The van der Waals surface area contributed by atoms with E-state index in [1.807, 2.05) is 54.8 Å². The van der Waals surface area contributed by atoms with Crippen molar-refractivity contribution >= 4 is 17.2 Å². The summed E-state index contributed by atoms with van der Waals surface area (Å²) in [5.74, 6) is 1.20. The Morgan fingerprint density at radius 2 is 2.09 bits per heavy atom. The summed E-state index contributed by atoms with van der Waals surface area (Å²) in [6.45, 7) is 3.77. The van der Waals surface area contributed by atoms with Crippen LogP contribution in [0.3, 0.4) is 0 Å². The number of fused-ring (bicyclic) bond motifs is 1. The number of hydrogen-bond acceptors (Lipinski definition) is 4. The van der Waals surface area contributed by atoms with E-state index >= 15 is 0 Å². The molecule has 0 bridgehead atoms. The third-order valence-electron chi connectivity index (χ3n) is 3.24. The molecule has 112 valence electrons. The molecule has 1 N–H and O–H groups in total. The van der Waals surface area contributed by atoms with Crippen LogP contribution in [0.2, 0.25) is 0 Å². The normalized spacial score (nSPS) is 10.6. The summed E-state index contributed by atoms with van der Waals surface area (Å²) in [6, 6.07) is 11.2. The number of aryl methyl sites for hydroxylation is 2. The second kappa shape index (κ2) is 5.85. The molecule has 0 saturated heterocycles. The van der Waals surface area contributed by atoms with Crippen molar-refractivity contribution in [2.24, 2.45) is 0 Å². The SMILES string of the molecule is Cc1cccc(OCC(=O)Nc2cccn3c(C)nnc23)c1. The highest BCUT2D eigenvalue weighted by Crippen LogP contribution is 2.16. The minimum atomic E-state index is -0.241. The van der Waals surface area contributed by atoms with Gasteiger partial charge in [-0.05, 0) is 43.7 Å². The Morgan fingerprint density at radius 1 is 1.23 bits per heavy atom. The summed E-state index contributed by atoms with van der Waals surface area (Å²) in [4.78, 5) is 12.0. The maximum Gasteiger partial charge on any atom is 0.262 e. The molecule has 0 aliphatic carbocycles. The van der Waals surface area contributed by atoms with Gasteiger partial charge >= 0.3 is 0 Å². The second-order valence-electron chi connectivity index (χ2n) is 5.02. The van der Waals surface area contributed by atoms with Crippen LogP contribution in [0.15, 0.2) is 42.6 Å². The fourth-order valence-corrected chi connectivity index (χ4v) is 2.17. The van der Waals surface area contributed by atoms with Gasteiger partial charge in [0, 0.05) is 6.20 Å². The summed E-state index contributed by atoms with van der Waals surface area (Å²) >= 11 is 0. The topological polar surface area (TPSA) is 68.5 Å². The Kier molecular flexibility index (Phi) is 3.74. The Labute approximate surface area is 127 Å². The molecule has 0 spiro atoms. The molecule has 3 aromatic rings. The van der Waals surface area contributed by atoms with E-state index in [2.05, 4.69) is 15.5 Å². The molecular weight excluding hydrogens is 280 g/mol. The lowest BCUT2D eigenvalue weighted by Gasteiger charge is -2.08. The predicted molar refractivity (Wildman–Crippen MR) is 83.0 cm³/mol. The highest BCUT2D eigenvalue weighted by atomic mass is 16.5. The van der Waals surface area contributed by atoms with Gasteiger partial charge in [0.05, 0.1) is 5.69 Å². The second-order valence-corrected chi connectivity index (χ2v) is 5.02. The molecule has 0 radical (unpaired) electrons. The zero-order valence-corrected chi connectivity index (χ0v) is 12.4. The zero-order valence-electron chi connectivity index (χ0n) is 12.4. The number of pyridine rings is 1. The molecule has 0 atom stereocenters. The fourth-order valence-electron chi connectivity index (χ4n) is 2.17. The highest BCUT2D eigenvalue weighted by molar-refractivity contribution is 5.95. The van der Waals surface area contributed by atoms with Gasteiger partial charge in [-0.1, -0.05) is 12.1 Å². The summed E-state index contributed by atoms with van der Waals surface area (Å²) < 4.78 is 7.30. The van der Waals surface area contributed by atoms with Crippen LogP contribution in [0.25, 0.3) is 5.65 Å². The van der Waals surface area contributed by atoms with Crippen LogP contribution >= 0.6 is 0 Å². The number of nitrogens with one attached hydrogen (secondary N) is 1. The molecule has 2 aromatic heterocycles. The minimum absolute atomic E-state index is 0.0579. The van der Waals surface area contributed by atoms with Crippen LogP contribution in [0.5, 0.6) is 5.75 Å². The number of hydrogen-bond donors (Lipinski definition) is 1. The first kappa shape index (κ1) is 14.1. The van der Waals surface area contributed by atoms with Crippen molar-refractivity contribution in [1.82, 2.24) is 14.6 Å². The van der Waals surface area contributed by atoms with Gasteiger partial charge in [0.2, 0.25) is 0 Å². The largest absolute Gasteiger partial charge is 0.484 e. The van der Waals surface area contributed by atoms with Crippen LogP contribution in [-0.4, -0.2) is 27.1 Å². The van der Waals surface area contributed by atoms with Crippen LogP contribution in [0.1, 0.15) is 11.4 Å². The van der Waals surface area contributed by atoms with Crippen LogP contribution in [0, 0.1) is 13.8 Å². The number of carbonyl (C=O) groups is 1. The zero-order chi connectivity index (χ0) is 15.5. The van der Waals surface area contributed by atoms with E-state index in [0.717, 1.165) is 11.4 Å². The molecular formula is C16H16N4O2. The lowest BCUT2D eigenvalue weighted by atomic mass is 10.2. The van der Waals surface area contributed by atoms with E-state index in [4.69, 9.17) is 4.74 Å². The first-order valence-electron chi connectivity index (χ1n) is 6.93. The van der Waals surface area contributed by atoms with Crippen LogP contribution < -0.4 is 10.1 Å². The minimum Gasteiger partial charge on any atom is -0.484 e. The van der Waals surface area contributed by atoms with Gasteiger partial charge in [0.1, 0.15) is 11.6 Å². The molecule has 0 unspecified atom stereocenters. The van der Waals surface area contributed by atoms with Crippen molar-refractivity contribution < 1.29 is 9.53 Å². The van der Waals surface area contributed by atoms with Crippen molar-refractivity contribution in [3.05, 3.63) is 54.0 Å². The predicted octanol–water partition coefficient (Wildman–Crippen LogP) is 2.36. The van der Waals surface area contributed by atoms with E-state index in [1.54, 1.807) is 6.07 Å². The van der Waals surface area contributed by atoms with Gasteiger partial charge in [-0.15, -0.1) is 10.2 Å². The van der Waals surface area contributed by atoms with Gasteiger partial charge in [0.25, 0.3) is 5.91 Å². The van der Waals surface area contributed by atoms with Gasteiger partial charge in [-0.25, -0.2) is 0 Å². The van der Waals surface area contributed by atoms with E-state index < -0.39 is 0 Å². The van der Waals surface area contributed by atoms with Crippen molar-refractivity contribution in [1.29, 1.82) is 0 Å². The molecule has 1 amide bonds. The molecule has 6 heteroatoms. The third-order valence-corrected chi connectivity index (χ3v) is 3.24. The quantitative estimate of drug-likeness (QED) is 0.802. The van der Waals surface area contributed by atoms with Gasteiger partial charge in [-0.3, -0.25) is 9.20 Å². The van der Waals surface area contributed by atoms with Crippen LogP contribution in [-0.2, 0) is 4.79 Å². The summed E-state index contributed by atoms with van der Waals surface area (Å²) in [5, 5.41) is 10.9. The monoisotopic (exact) mass is 296 g/mol. The summed E-state index contributed by atoms with van der Waals surface area (Å²) in [6.07, 6.45) is 1.85. The molecule has 3 rings (SSSR count). The number of carbonyl (C=O) groups excluding carboxylic acids is 1. The summed E-state index contributed by atoms with van der Waals surface area (Å²) in [7, 11) is 0. The molecule has 1 aromatic carbocycles. The highest BCUT2D eigenvalue weighted by Gasteiger charge is 2.10. The average molecular weight is 296 g/mol. The number of amides is 1. The Bertz CT molecular complexity index is 826. The molecule has 22 heavy (non-hydrogen) atoms. The van der Waals surface area contributed by atoms with Gasteiger partial charge in [0.15, 0.2) is 12.3 Å². The number of rotatable bonds is 4. The van der Waals surface area contributed by atoms with E-state index in [0.29, 0.717) is 17.1 Å². The first-order valence-corrected chi connectivity index (χ1v) is 6.93. The maximum atomic E-state index is 12.0. The smallest absolute Gasteiger partial charge is 0.262 e. The van der Waals surface area contributed by atoms with Gasteiger partial charge < -0.3 is 10.1 Å². The van der Waals surface area contributed by atoms with E-state index in [1.165, 1.54) is 0 Å². The van der Waals surface area contributed by atoms with E-state index in [9.17, 15) is 4.79 Å². The lowest BCUT2D eigenvalue weighted by molar-refractivity contribution is -0.118. The van der Waals surface area contributed by atoms with Crippen molar-refractivity contribution in [3.8, 4) is 5.75 Å². The standard InChI is InChI=1S/C16H16N4O2/c1-11-5-3-6-13(9-11)22-10-15(21)17-14-7-4-8-20-12(2)18-19-16(14)20/h3-9H,10H2,1-2H3,(H,17,21). The molecule has 2 heterocycles. The fraction of sp³-hybridized carbons (Fsp3) is 0.188. The van der Waals surface area contributed by atoms with Crippen molar-refractivity contribution in [2.45, 2.75) is 13.8 Å². The summed E-state index contributed by atoms with van der Waals surface area (Å²) in [5.41, 5.74) is 2.31. The van der Waals surface area contributed by atoms with Crippen molar-refractivity contribution in [2.75, 3.05) is 11.9 Å². The number of nitrogens with zero attached hydrogens (tertiary/aromatic N) is 3. The molecule has 0 fully saturated rings.